The van der Waals surface area contributed by atoms with Gasteiger partial charge in [0.15, 0.2) is 6.61 Å². The van der Waals surface area contributed by atoms with Crippen LogP contribution in [0.5, 0.6) is 5.75 Å². The summed E-state index contributed by atoms with van der Waals surface area (Å²) in [7, 11) is 1.28. The summed E-state index contributed by atoms with van der Waals surface area (Å²) < 4.78 is 9.86. The Morgan fingerprint density at radius 1 is 1.17 bits per heavy atom. The number of nitrogens with one attached hydrogen (secondary N) is 1. The van der Waals surface area contributed by atoms with Gasteiger partial charge in [0.2, 0.25) is 5.91 Å². The predicted molar refractivity (Wildman–Crippen MR) is 88.4 cm³/mol. The molecule has 0 heterocycles. The van der Waals surface area contributed by atoms with Crippen LogP contribution in [0.15, 0.2) is 42.5 Å². The van der Waals surface area contributed by atoms with E-state index in [1.807, 2.05) is 0 Å². The maximum atomic E-state index is 11.5. The van der Waals surface area contributed by atoms with Crippen molar-refractivity contribution in [1.82, 2.24) is 0 Å². The van der Waals surface area contributed by atoms with Gasteiger partial charge in [-0.25, -0.2) is 4.79 Å². The second-order valence-corrected chi connectivity index (χ2v) is 4.94. The van der Waals surface area contributed by atoms with Crippen LogP contribution < -0.4 is 10.1 Å². The molecular formula is C18H16N2O4. The lowest BCUT2D eigenvalue weighted by atomic mass is 10.0. The van der Waals surface area contributed by atoms with E-state index >= 15 is 0 Å². The van der Waals surface area contributed by atoms with Gasteiger partial charge < -0.3 is 14.8 Å². The standard InChI is InChI=1S/C18H16N2O4/c1-12(21)20-17-9-15(24-11-18(22)23-2)7-8-16(17)14-5-3-13(10-19)4-6-14/h3-9H,11H2,1-2H3,(H,20,21). The Morgan fingerprint density at radius 2 is 1.88 bits per heavy atom. The summed E-state index contributed by atoms with van der Waals surface area (Å²) in [5.74, 6) is -0.288. The number of carbonyl (C=O) groups is 2. The number of nitriles is 1. The molecule has 0 bridgehead atoms. The van der Waals surface area contributed by atoms with Gasteiger partial charge in [-0.2, -0.15) is 5.26 Å². The quantitative estimate of drug-likeness (QED) is 0.854. The highest BCUT2D eigenvalue weighted by Gasteiger charge is 2.10. The van der Waals surface area contributed by atoms with Gasteiger partial charge in [-0.3, -0.25) is 4.79 Å². The zero-order valence-electron chi connectivity index (χ0n) is 13.3. The lowest BCUT2D eigenvalue weighted by molar-refractivity contribution is -0.142. The highest BCUT2D eigenvalue weighted by Crippen LogP contribution is 2.32. The first-order valence-corrected chi connectivity index (χ1v) is 7.15. The number of carbonyl (C=O) groups excluding carboxylic acids is 2. The number of esters is 1. The second-order valence-electron chi connectivity index (χ2n) is 4.94. The van der Waals surface area contributed by atoms with Crippen molar-refractivity contribution in [2.45, 2.75) is 6.92 Å². The maximum Gasteiger partial charge on any atom is 0.343 e. The van der Waals surface area contributed by atoms with Crippen molar-refractivity contribution < 1.29 is 19.1 Å². The van der Waals surface area contributed by atoms with E-state index in [1.165, 1.54) is 14.0 Å². The van der Waals surface area contributed by atoms with Gasteiger partial charge in [-0.05, 0) is 29.8 Å². The van der Waals surface area contributed by atoms with Crippen LogP contribution in [0.4, 0.5) is 5.69 Å². The van der Waals surface area contributed by atoms with Gasteiger partial charge in [-0.15, -0.1) is 0 Å². The van der Waals surface area contributed by atoms with Crippen LogP contribution in [0, 0.1) is 11.3 Å². The van der Waals surface area contributed by atoms with Crippen molar-refractivity contribution in [2.24, 2.45) is 0 Å². The van der Waals surface area contributed by atoms with E-state index in [2.05, 4.69) is 16.1 Å². The van der Waals surface area contributed by atoms with Crippen molar-refractivity contribution in [1.29, 1.82) is 5.26 Å². The third-order valence-corrected chi connectivity index (χ3v) is 3.21. The van der Waals surface area contributed by atoms with E-state index in [0.29, 0.717) is 17.0 Å². The smallest absolute Gasteiger partial charge is 0.343 e. The number of amides is 1. The van der Waals surface area contributed by atoms with Gasteiger partial charge in [0.05, 0.1) is 24.4 Å². The Labute approximate surface area is 139 Å². The van der Waals surface area contributed by atoms with Crippen molar-refractivity contribution in [3.63, 3.8) is 0 Å². The highest BCUT2D eigenvalue weighted by atomic mass is 16.6. The fourth-order valence-corrected chi connectivity index (χ4v) is 2.08. The first kappa shape index (κ1) is 17.0. The number of rotatable bonds is 5. The molecule has 2 aromatic carbocycles. The van der Waals surface area contributed by atoms with Gasteiger partial charge in [0.1, 0.15) is 5.75 Å². The summed E-state index contributed by atoms with van der Waals surface area (Å²) in [5.41, 5.74) is 2.73. The Bertz CT molecular complexity index is 792. The molecule has 0 aliphatic heterocycles. The zero-order valence-corrected chi connectivity index (χ0v) is 13.3. The number of ether oxygens (including phenoxy) is 2. The molecule has 0 spiro atoms. The zero-order chi connectivity index (χ0) is 17.5. The molecule has 1 N–H and O–H groups in total. The molecule has 24 heavy (non-hydrogen) atoms. The van der Waals surface area contributed by atoms with E-state index in [9.17, 15) is 9.59 Å². The van der Waals surface area contributed by atoms with Crippen molar-refractivity contribution in [3.05, 3.63) is 48.0 Å². The lowest BCUT2D eigenvalue weighted by Gasteiger charge is -2.13. The first-order valence-electron chi connectivity index (χ1n) is 7.15. The third kappa shape index (κ3) is 4.34. The molecule has 0 aliphatic rings. The molecule has 0 saturated heterocycles. The molecule has 122 valence electrons. The normalized spacial score (nSPS) is 9.71. The monoisotopic (exact) mass is 324 g/mol. The maximum absolute atomic E-state index is 11.5. The minimum Gasteiger partial charge on any atom is -0.482 e. The molecule has 6 nitrogen and oxygen atoms in total. The van der Waals surface area contributed by atoms with E-state index in [0.717, 1.165) is 11.1 Å². The van der Waals surface area contributed by atoms with E-state index < -0.39 is 5.97 Å². The molecule has 0 atom stereocenters. The molecule has 1 amide bonds. The van der Waals surface area contributed by atoms with Crippen LogP contribution >= 0.6 is 0 Å². The fourth-order valence-electron chi connectivity index (χ4n) is 2.08. The summed E-state index contributed by atoms with van der Waals surface area (Å²) >= 11 is 0. The van der Waals surface area contributed by atoms with Crippen LogP contribution in [0.3, 0.4) is 0 Å². The number of hydrogen-bond acceptors (Lipinski definition) is 5. The number of hydrogen-bond donors (Lipinski definition) is 1. The first-order chi connectivity index (χ1) is 11.5. The summed E-state index contributed by atoms with van der Waals surface area (Å²) in [5, 5.41) is 11.6. The van der Waals surface area contributed by atoms with Crippen LogP contribution in [0.25, 0.3) is 11.1 Å². The largest absolute Gasteiger partial charge is 0.482 e. The minimum absolute atomic E-state index is 0.216. The molecule has 0 aromatic heterocycles. The SMILES string of the molecule is COC(=O)COc1ccc(-c2ccc(C#N)cc2)c(NC(C)=O)c1. The van der Waals surface area contributed by atoms with E-state index in [1.54, 1.807) is 42.5 Å². The van der Waals surface area contributed by atoms with Crippen LogP contribution in [0.1, 0.15) is 12.5 Å². The average Bonchev–Trinajstić information content (AvgIpc) is 2.59. The van der Waals surface area contributed by atoms with Crippen molar-refractivity contribution in [2.75, 3.05) is 19.0 Å². The summed E-state index contributed by atoms with van der Waals surface area (Å²) in [6, 6.07) is 14.2. The van der Waals surface area contributed by atoms with Crippen LogP contribution in [-0.4, -0.2) is 25.6 Å². The molecule has 2 aromatic rings. The number of anilines is 1. The number of nitrogens with zero attached hydrogens (tertiary/aromatic N) is 1. The molecule has 0 fully saturated rings. The fraction of sp³-hybridized carbons (Fsp3) is 0.167. The van der Waals surface area contributed by atoms with Gasteiger partial charge >= 0.3 is 5.97 Å². The second kappa shape index (κ2) is 7.79. The van der Waals surface area contributed by atoms with Crippen molar-refractivity contribution >= 4 is 17.6 Å². The lowest BCUT2D eigenvalue weighted by Crippen LogP contribution is -2.13. The molecule has 0 aliphatic carbocycles. The minimum atomic E-state index is -0.493. The predicted octanol–water partition coefficient (Wildman–Crippen LogP) is 2.74. The average molecular weight is 324 g/mol. The Balaban J connectivity index is 2.34. The molecule has 0 radical (unpaired) electrons. The summed E-state index contributed by atoms with van der Waals surface area (Å²) in [6.07, 6.45) is 0. The molecule has 0 saturated carbocycles. The Morgan fingerprint density at radius 3 is 2.46 bits per heavy atom. The molecule has 6 heteroatoms. The van der Waals surface area contributed by atoms with Crippen LogP contribution in [0.2, 0.25) is 0 Å². The third-order valence-electron chi connectivity index (χ3n) is 3.21. The molecule has 2 rings (SSSR count). The van der Waals surface area contributed by atoms with E-state index in [4.69, 9.17) is 10.00 Å². The van der Waals surface area contributed by atoms with E-state index in [-0.39, 0.29) is 12.5 Å². The van der Waals surface area contributed by atoms with Crippen molar-refractivity contribution in [3.8, 4) is 22.9 Å². The van der Waals surface area contributed by atoms with Gasteiger partial charge in [0, 0.05) is 18.6 Å². The Hall–Kier alpha value is -3.33. The molecule has 0 unspecified atom stereocenters. The number of benzene rings is 2. The van der Waals surface area contributed by atoms with Gasteiger partial charge in [0.25, 0.3) is 0 Å². The highest BCUT2D eigenvalue weighted by molar-refractivity contribution is 5.94. The van der Waals surface area contributed by atoms with Crippen LogP contribution in [-0.2, 0) is 14.3 Å². The molecular weight excluding hydrogens is 308 g/mol. The summed E-state index contributed by atoms with van der Waals surface area (Å²) in [4.78, 5) is 22.6. The summed E-state index contributed by atoms with van der Waals surface area (Å²) in [6.45, 7) is 1.19. The van der Waals surface area contributed by atoms with Gasteiger partial charge in [-0.1, -0.05) is 12.1 Å². The number of methoxy groups -OCH3 is 1. The Kier molecular flexibility index (Phi) is 5.53. The topological polar surface area (TPSA) is 88.4 Å².